The maximum Gasteiger partial charge on any atom is 0.136 e. The van der Waals surface area contributed by atoms with Crippen LogP contribution in [0.3, 0.4) is 0 Å². The number of rotatable bonds is 6. The Labute approximate surface area is 163 Å². The van der Waals surface area contributed by atoms with Crippen molar-refractivity contribution in [3.8, 4) is 23.1 Å². The van der Waals surface area contributed by atoms with E-state index in [1.54, 1.807) is 13.3 Å². The molecule has 0 saturated carbocycles. The van der Waals surface area contributed by atoms with Crippen LogP contribution in [0, 0.1) is 11.3 Å². The van der Waals surface area contributed by atoms with Gasteiger partial charge < -0.3 is 10.1 Å². The molecule has 3 aromatic rings. The molecule has 0 aliphatic heterocycles. The lowest BCUT2D eigenvalue weighted by Gasteiger charge is -2.06. The van der Waals surface area contributed by atoms with Crippen molar-refractivity contribution in [1.82, 2.24) is 4.98 Å². The molecule has 0 unspecified atom stereocenters. The quantitative estimate of drug-likeness (QED) is 0.543. The summed E-state index contributed by atoms with van der Waals surface area (Å²) in [5.41, 5.74) is 4.52. The van der Waals surface area contributed by atoms with Gasteiger partial charge in [0.25, 0.3) is 0 Å². The van der Waals surface area contributed by atoms with E-state index in [1.165, 1.54) is 16.9 Å². The minimum absolute atomic E-state index is 0.495. The summed E-state index contributed by atoms with van der Waals surface area (Å²) in [5.74, 6) is 1.28. The van der Waals surface area contributed by atoms with Gasteiger partial charge in [-0.3, -0.25) is 0 Å². The van der Waals surface area contributed by atoms with Crippen molar-refractivity contribution in [1.29, 1.82) is 5.26 Å². The molecule has 5 heteroatoms. The van der Waals surface area contributed by atoms with Crippen LogP contribution in [0.15, 0.2) is 60.1 Å². The van der Waals surface area contributed by atoms with Gasteiger partial charge in [0.05, 0.1) is 12.8 Å². The molecule has 1 heterocycles. The first kappa shape index (κ1) is 18.7. The molecule has 0 amide bonds. The largest absolute Gasteiger partial charge is 0.497 e. The van der Waals surface area contributed by atoms with Crippen LogP contribution in [-0.2, 0) is 0 Å². The Morgan fingerprint density at radius 1 is 1.22 bits per heavy atom. The first-order valence-electron chi connectivity index (χ1n) is 8.68. The summed E-state index contributed by atoms with van der Waals surface area (Å²) in [6, 6.07) is 18.2. The maximum atomic E-state index is 9.52. The van der Waals surface area contributed by atoms with E-state index in [0.29, 0.717) is 16.5 Å². The van der Waals surface area contributed by atoms with Gasteiger partial charge in [-0.05, 0) is 35.7 Å². The monoisotopic (exact) mass is 375 g/mol. The summed E-state index contributed by atoms with van der Waals surface area (Å²) in [7, 11) is 1.64. The average molecular weight is 375 g/mol. The Hall–Kier alpha value is -3.10. The molecule has 0 aliphatic carbocycles. The van der Waals surface area contributed by atoms with Gasteiger partial charge in [0.15, 0.2) is 0 Å². The standard InChI is InChI=1S/C22H21N3OS/c1-15(2)16-7-9-19(10-8-16)24-13-18(12-23)22-25-21(14-27-22)17-5-4-6-20(11-17)26-3/h4-11,13-15,24H,1-3H3/b18-13+. The number of aromatic nitrogens is 1. The molecule has 0 saturated heterocycles. The maximum absolute atomic E-state index is 9.52. The Kier molecular flexibility index (Phi) is 5.90. The number of methoxy groups -OCH3 is 1. The first-order valence-corrected chi connectivity index (χ1v) is 9.55. The van der Waals surface area contributed by atoms with Crippen molar-refractivity contribution in [3.63, 3.8) is 0 Å². The lowest BCUT2D eigenvalue weighted by atomic mass is 10.0. The molecule has 27 heavy (non-hydrogen) atoms. The van der Waals surface area contributed by atoms with Gasteiger partial charge in [-0.25, -0.2) is 4.98 Å². The van der Waals surface area contributed by atoms with E-state index < -0.39 is 0 Å². The second kappa shape index (κ2) is 8.52. The predicted octanol–water partition coefficient (Wildman–Crippen LogP) is 5.92. The number of nitrogens with zero attached hydrogens (tertiary/aromatic N) is 2. The van der Waals surface area contributed by atoms with Crippen molar-refractivity contribution in [2.75, 3.05) is 12.4 Å². The third-order valence-corrected chi connectivity index (χ3v) is 5.06. The van der Waals surface area contributed by atoms with E-state index in [1.807, 2.05) is 41.8 Å². The Balaban J connectivity index is 1.78. The predicted molar refractivity (Wildman–Crippen MR) is 112 cm³/mol. The summed E-state index contributed by atoms with van der Waals surface area (Å²) < 4.78 is 5.26. The smallest absolute Gasteiger partial charge is 0.136 e. The highest BCUT2D eigenvalue weighted by atomic mass is 32.1. The summed E-state index contributed by atoms with van der Waals surface area (Å²) in [6.07, 6.45) is 1.71. The van der Waals surface area contributed by atoms with Crippen LogP contribution < -0.4 is 10.1 Å². The molecule has 0 aliphatic rings. The Morgan fingerprint density at radius 2 is 2.00 bits per heavy atom. The molecule has 1 N–H and O–H groups in total. The summed E-state index contributed by atoms with van der Waals surface area (Å²) in [4.78, 5) is 4.61. The fraction of sp³-hybridized carbons (Fsp3) is 0.182. The number of allylic oxidation sites excluding steroid dienone is 1. The van der Waals surface area contributed by atoms with Crippen molar-refractivity contribution < 1.29 is 4.74 Å². The number of ether oxygens (including phenoxy) is 1. The lowest BCUT2D eigenvalue weighted by Crippen LogP contribution is -1.92. The number of benzene rings is 2. The fourth-order valence-corrected chi connectivity index (χ4v) is 3.37. The molecule has 4 nitrogen and oxygen atoms in total. The Bertz CT molecular complexity index is 981. The van der Waals surface area contributed by atoms with Gasteiger partial charge in [-0.2, -0.15) is 5.26 Å². The SMILES string of the molecule is COc1cccc(-c2csc(/C(C#N)=C/Nc3ccc(C(C)C)cc3)n2)c1. The molecule has 2 aromatic carbocycles. The van der Waals surface area contributed by atoms with Crippen LogP contribution in [0.25, 0.3) is 16.8 Å². The number of hydrogen-bond donors (Lipinski definition) is 1. The van der Waals surface area contributed by atoms with Crippen LogP contribution in [-0.4, -0.2) is 12.1 Å². The molecule has 0 atom stereocenters. The molecule has 1 aromatic heterocycles. The highest BCUT2D eigenvalue weighted by Crippen LogP contribution is 2.28. The van der Waals surface area contributed by atoms with Crippen molar-refractivity contribution in [3.05, 3.63) is 70.7 Å². The zero-order valence-electron chi connectivity index (χ0n) is 15.6. The minimum atomic E-state index is 0.495. The van der Waals surface area contributed by atoms with Crippen molar-refractivity contribution in [2.24, 2.45) is 0 Å². The van der Waals surface area contributed by atoms with E-state index >= 15 is 0 Å². The summed E-state index contributed by atoms with van der Waals surface area (Å²) >= 11 is 1.45. The fourth-order valence-electron chi connectivity index (χ4n) is 2.57. The third kappa shape index (κ3) is 4.55. The van der Waals surface area contributed by atoms with Gasteiger partial charge in [-0.15, -0.1) is 11.3 Å². The molecule has 0 fully saturated rings. The van der Waals surface area contributed by atoms with E-state index in [2.05, 4.69) is 42.4 Å². The van der Waals surface area contributed by atoms with Crippen LogP contribution in [0.4, 0.5) is 5.69 Å². The van der Waals surface area contributed by atoms with Gasteiger partial charge in [0.1, 0.15) is 22.4 Å². The van der Waals surface area contributed by atoms with Crippen LogP contribution in [0.2, 0.25) is 0 Å². The molecule has 136 valence electrons. The Morgan fingerprint density at radius 3 is 2.67 bits per heavy atom. The van der Waals surface area contributed by atoms with E-state index in [0.717, 1.165) is 22.7 Å². The topological polar surface area (TPSA) is 57.9 Å². The van der Waals surface area contributed by atoms with Crippen LogP contribution >= 0.6 is 11.3 Å². The second-order valence-corrected chi connectivity index (χ2v) is 7.22. The zero-order chi connectivity index (χ0) is 19.2. The molecule has 3 rings (SSSR count). The van der Waals surface area contributed by atoms with E-state index in [4.69, 9.17) is 4.74 Å². The number of anilines is 1. The molecule has 0 bridgehead atoms. The van der Waals surface area contributed by atoms with Gasteiger partial charge in [0.2, 0.25) is 0 Å². The van der Waals surface area contributed by atoms with Crippen LogP contribution in [0.1, 0.15) is 30.3 Å². The van der Waals surface area contributed by atoms with E-state index in [9.17, 15) is 5.26 Å². The van der Waals surface area contributed by atoms with Crippen molar-refractivity contribution >= 4 is 22.6 Å². The average Bonchev–Trinajstić information content (AvgIpc) is 3.19. The van der Waals surface area contributed by atoms with Gasteiger partial charge >= 0.3 is 0 Å². The van der Waals surface area contributed by atoms with Gasteiger partial charge in [0, 0.05) is 22.8 Å². The summed E-state index contributed by atoms with van der Waals surface area (Å²) in [5, 5.41) is 15.3. The van der Waals surface area contributed by atoms with Gasteiger partial charge in [-0.1, -0.05) is 38.1 Å². The molecule has 0 radical (unpaired) electrons. The van der Waals surface area contributed by atoms with E-state index in [-0.39, 0.29) is 0 Å². The minimum Gasteiger partial charge on any atom is -0.497 e. The van der Waals surface area contributed by atoms with Crippen molar-refractivity contribution in [2.45, 2.75) is 19.8 Å². The zero-order valence-corrected chi connectivity index (χ0v) is 16.4. The first-order chi connectivity index (χ1) is 13.1. The highest BCUT2D eigenvalue weighted by molar-refractivity contribution is 7.11. The molecular formula is C22H21N3OS. The number of nitrogens with one attached hydrogen (secondary N) is 1. The highest BCUT2D eigenvalue weighted by Gasteiger charge is 2.09. The molecule has 0 spiro atoms. The third-order valence-electron chi connectivity index (χ3n) is 4.18. The number of thiazole rings is 1. The van der Waals surface area contributed by atoms with Crippen LogP contribution in [0.5, 0.6) is 5.75 Å². The normalized spacial score (nSPS) is 11.3. The number of nitriles is 1. The lowest BCUT2D eigenvalue weighted by molar-refractivity contribution is 0.415. The number of hydrogen-bond acceptors (Lipinski definition) is 5. The summed E-state index contributed by atoms with van der Waals surface area (Å²) in [6.45, 7) is 4.33. The second-order valence-electron chi connectivity index (χ2n) is 6.36. The molecular weight excluding hydrogens is 354 g/mol.